The van der Waals surface area contributed by atoms with E-state index in [4.69, 9.17) is 14.8 Å². The Morgan fingerprint density at radius 3 is 2.09 bits per heavy atom. The molecule has 3 aromatic heterocycles. The Morgan fingerprint density at radius 2 is 1.35 bits per heavy atom. The fraction of sp³-hybridized carbons (Fsp3) is 0.220. The van der Waals surface area contributed by atoms with Crippen LogP contribution in [0.25, 0.3) is 44.4 Å². The van der Waals surface area contributed by atoms with Gasteiger partial charge in [-0.25, -0.2) is 9.67 Å². The van der Waals surface area contributed by atoms with Gasteiger partial charge in [-0.1, -0.05) is 84.0 Å². The van der Waals surface area contributed by atoms with E-state index in [-0.39, 0.29) is 10.8 Å². The minimum Gasteiger partial charge on any atom is -0.457 e. The Balaban J connectivity index is 1.26. The number of benzene rings is 4. The lowest BCUT2D eigenvalue weighted by molar-refractivity contribution is 0.483. The van der Waals surface area contributed by atoms with Crippen LogP contribution in [0.2, 0.25) is 0 Å². The second-order valence-electron chi connectivity index (χ2n) is 14.2. The summed E-state index contributed by atoms with van der Waals surface area (Å²) in [6.07, 6.45) is 5.99. The molecule has 0 amide bonds. The Bertz CT molecular complexity index is 2190. The first kappa shape index (κ1) is 29.5. The second kappa shape index (κ2) is 11.0. The van der Waals surface area contributed by atoms with Crippen molar-refractivity contribution >= 4 is 21.8 Å². The van der Waals surface area contributed by atoms with E-state index in [0.717, 1.165) is 45.0 Å². The van der Waals surface area contributed by atoms with E-state index in [2.05, 4.69) is 126 Å². The van der Waals surface area contributed by atoms with Gasteiger partial charge in [0, 0.05) is 40.9 Å². The maximum absolute atomic E-state index is 6.50. The van der Waals surface area contributed by atoms with Crippen LogP contribution in [0.15, 0.2) is 116 Å². The molecule has 0 saturated carbocycles. The summed E-state index contributed by atoms with van der Waals surface area (Å²) in [5.41, 5.74) is 9.30. The average Bonchev–Trinajstić information content (AvgIpc) is 3.63. The van der Waals surface area contributed by atoms with Crippen LogP contribution in [0, 0.1) is 6.92 Å². The predicted molar refractivity (Wildman–Crippen MR) is 190 cm³/mol. The lowest BCUT2D eigenvalue weighted by Gasteiger charge is -2.29. The van der Waals surface area contributed by atoms with Gasteiger partial charge < -0.3 is 4.74 Å². The van der Waals surface area contributed by atoms with Gasteiger partial charge in [0.25, 0.3) is 0 Å². The van der Waals surface area contributed by atoms with Gasteiger partial charge in [0.15, 0.2) is 0 Å². The molecule has 7 aromatic rings. The molecule has 5 nitrogen and oxygen atoms in total. The number of ether oxygens (including phenoxy) is 1. The van der Waals surface area contributed by atoms with Crippen LogP contribution in [0.4, 0.5) is 0 Å². The quantitative estimate of drug-likeness (QED) is 0.196. The highest BCUT2D eigenvalue weighted by molar-refractivity contribution is 6.09. The lowest BCUT2D eigenvalue weighted by atomic mass is 9.75. The van der Waals surface area contributed by atoms with Crippen LogP contribution in [0.3, 0.4) is 0 Å². The zero-order chi connectivity index (χ0) is 32.2. The summed E-state index contributed by atoms with van der Waals surface area (Å²) in [4.78, 5) is 4.71. The number of pyridine rings is 1. The van der Waals surface area contributed by atoms with Crippen LogP contribution in [-0.2, 0) is 10.8 Å². The van der Waals surface area contributed by atoms with Crippen molar-refractivity contribution in [3.05, 3.63) is 132 Å². The van der Waals surface area contributed by atoms with Crippen LogP contribution in [0.1, 0.15) is 58.2 Å². The SMILES string of the molecule is Cc1ccnc(-n2c3ccccc3c3ccc(Oc4cccc(-n5cc(-c6c(C(C)(C)C)cccc6C(C)(C)C)cn5)c4)cc32)c1. The number of fused-ring (bicyclic) bond motifs is 3. The van der Waals surface area contributed by atoms with Crippen LogP contribution in [-0.4, -0.2) is 19.3 Å². The van der Waals surface area contributed by atoms with Gasteiger partial charge in [0.1, 0.15) is 17.3 Å². The first-order valence-electron chi connectivity index (χ1n) is 15.9. The summed E-state index contributed by atoms with van der Waals surface area (Å²) in [5.74, 6) is 2.40. The first-order chi connectivity index (χ1) is 22.0. The maximum atomic E-state index is 6.50. The van der Waals surface area contributed by atoms with Crippen LogP contribution >= 0.6 is 0 Å². The van der Waals surface area contributed by atoms with Crippen molar-refractivity contribution in [1.82, 2.24) is 19.3 Å². The fourth-order valence-corrected chi connectivity index (χ4v) is 6.44. The van der Waals surface area contributed by atoms with E-state index in [1.807, 2.05) is 47.4 Å². The first-order valence-corrected chi connectivity index (χ1v) is 15.9. The Labute approximate surface area is 271 Å². The zero-order valence-corrected chi connectivity index (χ0v) is 27.7. The highest BCUT2D eigenvalue weighted by Crippen LogP contribution is 2.41. The van der Waals surface area contributed by atoms with Gasteiger partial charge in [-0.05, 0) is 82.5 Å². The average molecular weight is 605 g/mol. The predicted octanol–water partition coefficient (Wildman–Crippen LogP) is 10.7. The third-order valence-electron chi connectivity index (χ3n) is 8.64. The van der Waals surface area contributed by atoms with Gasteiger partial charge in [0.05, 0.1) is 22.9 Å². The number of aromatic nitrogens is 4. The van der Waals surface area contributed by atoms with Crippen molar-refractivity contribution in [3.8, 4) is 34.1 Å². The summed E-state index contributed by atoms with van der Waals surface area (Å²) >= 11 is 0. The monoisotopic (exact) mass is 604 g/mol. The molecule has 0 bridgehead atoms. The minimum atomic E-state index is -0.00530. The van der Waals surface area contributed by atoms with Crippen molar-refractivity contribution in [2.75, 3.05) is 0 Å². The number of hydrogen-bond acceptors (Lipinski definition) is 3. The number of aryl methyl sites for hydroxylation is 1. The van der Waals surface area contributed by atoms with Gasteiger partial charge in [-0.15, -0.1) is 0 Å². The van der Waals surface area contributed by atoms with E-state index in [1.54, 1.807) is 0 Å². The molecule has 0 fully saturated rings. The highest BCUT2D eigenvalue weighted by atomic mass is 16.5. The number of nitrogens with zero attached hydrogens (tertiary/aromatic N) is 4. The molecule has 0 unspecified atom stereocenters. The molecular weight excluding hydrogens is 564 g/mol. The molecule has 0 saturated heterocycles. The number of rotatable bonds is 5. The number of para-hydroxylation sites is 1. The molecule has 0 radical (unpaired) electrons. The van der Waals surface area contributed by atoms with Gasteiger partial charge >= 0.3 is 0 Å². The third kappa shape index (κ3) is 5.36. The summed E-state index contributed by atoms with van der Waals surface area (Å²) in [5, 5.41) is 7.17. The van der Waals surface area contributed by atoms with Crippen molar-refractivity contribution < 1.29 is 4.74 Å². The topological polar surface area (TPSA) is 44.9 Å². The molecular formula is C41H40N4O. The van der Waals surface area contributed by atoms with Crippen molar-refractivity contribution in [3.63, 3.8) is 0 Å². The molecule has 0 aliphatic rings. The molecule has 0 atom stereocenters. The van der Waals surface area contributed by atoms with Gasteiger partial charge in [-0.3, -0.25) is 4.57 Å². The zero-order valence-electron chi connectivity index (χ0n) is 27.7. The van der Waals surface area contributed by atoms with Crippen LogP contribution < -0.4 is 4.74 Å². The smallest absolute Gasteiger partial charge is 0.137 e. The molecule has 3 heterocycles. The minimum absolute atomic E-state index is 0.00530. The summed E-state index contributed by atoms with van der Waals surface area (Å²) in [6.45, 7) is 15.7. The van der Waals surface area contributed by atoms with E-state index < -0.39 is 0 Å². The lowest BCUT2D eigenvalue weighted by Crippen LogP contribution is -2.18. The molecule has 0 aliphatic heterocycles. The highest BCUT2D eigenvalue weighted by Gasteiger charge is 2.27. The molecule has 7 rings (SSSR count). The van der Waals surface area contributed by atoms with Crippen LogP contribution in [0.5, 0.6) is 11.5 Å². The van der Waals surface area contributed by atoms with Crippen molar-refractivity contribution in [2.45, 2.75) is 59.3 Å². The van der Waals surface area contributed by atoms with Crippen molar-refractivity contribution in [1.29, 1.82) is 0 Å². The molecule has 0 spiro atoms. The summed E-state index contributed by atoms with van der Waals surface area (Å²) in [6, 6.07) is 33.7. The molecule has 230 valence electrons. The largest absolute Gasteiger partial charge is 0.457 e. The van der Waals surface area contributed by atoms with Gasteiger partial charge in [-0.2, -0.15) is 5.10 Å². The molecule has 0 aliphatic carbocycles. The summed E-state index contributed by atoms with van der Waals surface area (Å²) < 4.78 is 10.7. The normalized spacial score (nSPS) is 12.2. The standard InChI is InChI=1S/C41H40N4O/c1-27-20-21-42-38(22-27)45-36-17-9-8-14-32(36)33-19-18-31(24-37(33)45)46-30-13-10-12-29(23-30)44-26-28(25-43-44)39-34(40(2,3)4)15-11-16-35(39)41(5,6)7/h8-26H,1-7H3. The molecule has 46 heavy (non-hydrogen) atoms. The van der Waals surface area contributed by atoms with Gasteiger partial charge in [0.2, 0.25) is 0 Å². The maximum Gasteiger partial charge on any atom is 0.137 e. The fourth-order valence-electron chi connectivity index (χ4n) is 6.44. The number of hydrogen-bond donors (Lipinski definition) is 0. The molecule has 4 aromatic carbocycles. The third-order valence-corrected chi connectivity index (χ3v) is 8.64. The Hall–Kier alpha value is -5.16. The van der Waals surface area contributed by atoms with Crippen molar-refractivity contribution in [2.24, 2.45) is 0 Å². The molecule has 5 heteroatoms. The van der Waals surface area contributed by atoms with E-state index in [1.165, 1.54) is 27.6 Å². The van der Waals surface area contributed by atoms with E-state index in [0.29, 0.717) is 0 Å². The summed E-state index contributed by atoms with van der Waals surface area (Å²) in [7, 11) is 0. The second-order valence-corrected chi connectivity index (χ2v) is 14.2. The van der Waals surface area contributed by atoms with E-state index >= 15 is 0 Å². The Morgan fingerprint density at radius 1 is 0.652 bits per heavy atom. The Kier molecular flexibility index (Phi) is 7.08. The van der Waals surface area contributed by atoms with E-state index in [9.17, 15) is 0 Å². The molecule has 0 N–H and O–H groups in total.